The monoisotopic (exact) mass is 408 g/mol. The lowest BCUT2D eigenvalue weighted by Crippen LogP contribution is -2.14. The molecule has 4 rings (SSSR count). The molecule has 7 nitrogen and oxygen atoms in total. The molecule has 2 amide bonds. The van der Waals surface area contributed by atoms with Gasteiger partial charge in [-0.05, 0) is 56.2 Å². The highest BCUT2D eigenvalue weighted by Crippen LogP contribution is 2.30. The van der Waals surface area contributed by atoms with Crippen molar-refractivity contribution in [1.29, 1.82) is 0 Å². The maximum atomic E-state index is 12.8. The molecule has 148 valence electrons. The highest BCUT2D eigenvalue weighted by Gasteiger charge is 2.29. The van der Waals surface area contributed by atoms with Crippen LogP contribution in [0.1, 0.15) is 34.9 Å². The van der Waals surface area contributed by atoms with Crippen LogP contribution in [0.5, 0.6) is 0 Å². The van der Waals surface area contributed by atoms with Crippen molar-refractivity contribution in [3.05, 3.63) is 65.8 Å². The maximum Gasteiger partial charge on any atom is 0.256 e. The van der Waals surface area contributed by atoms with Gasteiger partial charge >= 0.3 is 0 Å². The predicted molar refractivity (Wildman–Crippen MR) is 111 cm³/mol. The minimum atomic E-state index is -0.204. The molecule has 0 bridgehead atoms. The summed E-state index contributed by atoms with van der Waals surface area (Å²) in [5.41, 5.74) is 1.96. The van der Waals surface area contributed by atoms with Crippen molar-refractivity contribution in [1.82, 2.24) is 10.1 Å². The molecule has 2 aromatic carbocycles. The van der Waals surface area contributed by atoms with Crippen LogP contribution in [0.25, 0.3) is 0 Å². The number of aromatic nitrogens is 2. The van der Waals surface area contributed by atoms with Crippen molar-refractivity contribution in [2.75, 3.05) is 10.6 Å². The lowest BCUT2D eigenvalue weighted by atomic mass is 10.2. The average molecular weight is 408 g/mol. The van der Waals surface area contributed by atoms with Gasteiger partial charge in [0.1, 0.15) is 0 Å². The van der Waals surface area contributed by atoms with E-state index in [1.165, 1.54) is 11.8 Å². The number of rotatable bonds is 7. The SMILES string of the molecule is Cc1noc(CSc2ccccc2C(=O)Nc2ccc(NC(=O)C3CC3)cc2)n1. The number of nitrogens with one attached hydrogen (secondary N) is 2. The Morgan fingerprint density at radius 3 is 2.41 bits per heavy atom. The van der Waals surface area contributed by atoms with Gasteiger partial charge in [-0.3, -0.25) is 9.59 Å². The van der Waals surface area contributed by atoms with Crippen molar-refractivity contribution in [3.8, 4) is 0 Å². The third-order valence-corrected chi connectivity index (χ3v) is 5.47. The lowest BCUT2D eigenvalue weighted by Gasteiger charge is -2.10. The molecule has 1 fully saturated rings. The molecule has 3 aromatic rings. The number of nitrogens with zero attached hydrogens (tertiary/aromatic N) is 2. The summed E-state index contributed by atoms with van der Waals surface area (Å²) < 4.78 is 5.13. The van der Waals surface area contributed by atoms with Gasteiger partial charge < -0.3 is 15.2 Å². The number of carbonyl (C=O) groups excluding carboxylic acids is 2. The fourth-order valence-corrected chi connectivity index (χ4v) is 3.63. The van der Waals surface area contributed by atoms with Crippen LogP contribution in [0, 0.1) is 12.8 Å². The molecule has 1 aromatic heterocycles. The van der Waals surface area contributed by atoms with Gasteiger partial charge in [0.05, 0.1) is 11.3 Å². The summed E-state index contributed by atoms with van der Waals surface area (Å²) in [4.78, 5) is 29.6. The second-order valence-corrected chi connectivity index (χ2v) is 7.83. The first kappa shape index (κ1) is 19.2. The standard InChI is InChI=1S/C21H20N4O3S/c1-13-22-19(28-25-13)12-29-18-5-3-2-4-17(18)21(27)24-16-10-8-15(9-11-16)23-20(26)14-6-7-14/h2-5,8-11,14H,6-7,12H2,1H3,(H,23,26)(H,24,27). The number of hydrogen-bond acceptors (Lipinski definition) is 6. The van der Waals surface area contributed by atoms with E-state index >= 15 is 0 Å². The average Bonchev–Trinajstić information content (AvgIpc) is 3.50. The van der Waals surface area contributed by atoms with Gasteiger partial charge in [-0.15, -0.1) is 11.8 Å². The van der Waals surface area contributed by atoms with Gasteiger partial charge in [-0.25, -0.2) is 0 Å². The fraction of sp³-hybridized carbons (Fsp3) is 0.238. The van der Waals surface area contributed by atoms with E-state index in [-0.39, 0.29) is 17.7 Å². The Morgan fingerprint density at radius 1 is 1.07 bits per heavy atom. The Labute approximate surface area is 172 Å². The van der Waals surface area contributed by atoms with E-state index in [4.69, 9.17) is 4.52 Å². The third-order valence-electron chi connectivity index (χ3n) is 4.41. The zero-order valence-corrected chi connectivity index (χ0v) is 16.7. The Hall–Kier alpha value is -3.13. The molecule has 1 aliphatic carbocycles. The number of thioether (sulfide) groups is 1. The molecule has 0 aliphatic heterocycles. The fourth-order valence-electron chi connectivity index (χ4n) is 2.74. The summed E-state index contributed by atoms with van der Waals surface area (Å²) >= 11 is 1.47. The van der Waals surface area contributed by atoms with Crippen molar-refractivity contribution >= 4 is 35.0 Å². The normalized spacial score (nSPS) is 13.1. The van der Waals surface area contributed by atoms with Crippen LogP contribution in [-0.2, 0) is 10.5 Å². The number of amides is 2. The Kier molecular flexibility index (Phi) is 5.62. The van der Waals surface area contributed by atoms with Crippen molar-refractivity contribution in [2.24, 2.45) is 5.92 Å². The Balaban J connectivity index is 1.39. The molecule has 29 heavy (non-hydrogen) atoms. The zero-order chi connectivity index (χ0) is 20.2. The van der Waals surface area contributed by atoms with E-state index < -0.39 is 0 Å². The largest absolute Gasteiger partial charge is 0.338 e. The molecule has 0 atom stereocenters. The van der Waals surface area contributed by atoms with E-state index in [0.717, 1.165) is 23.4 Å². The molecule has 8 heteroatoms. The van der Waals surface area contributed by atoms with Gasteiger partial charge in [-0.2, -0.15) is 4.98 Å². The third kappa shape index (κ3) is 5.03. The lowest BCUT2D eigenvalue weighted by molar-refractivity contribution is -0.117. The van der Waals surface area contributed by atoms with Crippen molar-refractivity contribution in [3.63, 3.8) is 0 Å². The number of hydrogen-bond donors (Lipinski definition) is 2. The molecule has 0 unspecified atom stereocenters. The molecule has 0 spiro atoms. The second-order valence-electron chi connectivity index (χ2n) is 6.82. The van der Waals surface area contributed by atoms with E-state index in [0.29, 0.717) is 28.7 Å². The van der Waals surface area contributed by atoms with Crippen molar-refractivity contribution in [2.45, 2.75) is 30.4 Å². The highest BCUT2D eigenvalue weighted by molar-refractivity contribution is 7.98. The number of anilines is 2. The van der Waals surface area contributed by atoms with Crippen LogP contribution in [0.4, 0.5) is 11.4 Å². The Bertz CT molecular complexity index is 1030. The van der Waals surface area contributed by atoms with Crippen molar-refractivity contribution < 1.29 is 14.1 Å². The molecule has 1 heterocycles. The zero-order valence-electron chi connectivity index (χ0n) is 15.8. The molecule has 1 aliphatic rings. The first-order chi connectivity index (χ1) is 14.1. The van der Waals surface area contributed by atoms with E-state index in [9.17, 15) is 9.59 Å². The van der Waals surface area contributed by atoms with Crippen LogP contribution in [0.3, 0.4) is 0 Å². The maximum absolute atomic E-state index is 12.8. The quantitative estimate of drug-likeness (QED) is 0.567. The minimum Gasteiger partial charge on any atom is -0.338 e. The topological polar surface area (TPSA) is 97.1 Å². The highest BCUT2D eigenvalue weighted by atomic mass is 32.2. The van der Waals surface area contributed by atoms with Crippen LogP contribution in [0.15, 0.2) is 57.9 Å². The first-order valence-corrected chi connectivity index (χ1v) is 10.3. The van der Waals surface area contributed by atoms with Gasteiger partial charge in [0.15, 0.2) is 5.82 Å². The van der Waals surface area contributed by atoms with E-state index in [1.54, 1.807) is 37.3 Å². The van der Waals surface area contributed by atoms with Crippen LogP contribution in [0.2, 0.25) is 0 Å². The second kappa shape index (κ2) is 8.48. The minimum absolute atomic E-state index is 0.0594. The number of carbonyl (C=O) groups is 2. The van der Waals surface area contributed by atoms with Crippen LogP contribution < -0.4 is 10.6 Å². The van der Waals surface area contributed by atoms with E-state index in [2.05, 4.69) is 20.8 Å². The summed E-state index contributed by atoms with van der Waals surface area (Å²) in [5.74, 6) is 1.60. The number of aryl methyl sites for hydroxylation is 1. The van der Waals surface area contributed by atoms with Gasteiger partial charge in [0.2, 0.25) is 11.8 Å². The Morgan fingerprint density at radius 2 is 1.76 bits per heavy atom. The van der Waals surface area contributed by atoms with Gasteiger partial charge in [0, 0.05) is 22.2 Å². The molecule has 2 N–H and O–H groups in total. The first-order valence-electron chi connectivity index (χ1n) is 9.32. The van der Waals surface area contributed by atoms with Crippen LogP contribution in [-0.4, -0.2) is 22.0 Å². The molecular formula is C21H20N4O3S. The predicted octanol–water partition coefficient (Wildman–Crippen LogP) is 4.27. The molecule has 0 saturated heterocycles. The summed E-state index contributed by atoms with van der Waals surface area (Å²) in [6.07, 6.45) is 1.92. The smallest absolute Gasteiger partial charge is 0.256 e. The van der Waals surface area contributed by atoms with Crippen LogP contribution >= 0.6 is 11.8 Å². The molecular weight excluding hydrogens is 388 g/mol. The summed E-state index contributed by atoms with van der Waals surface area (Å²) in [6.45, 7) is 1.77. The summed E-state index contributed by atoms with van der Waals surface area (Å²) in [5, 5.41) is 9.56. The molecule has 1 saturated carbocycles. The number of benzene rings is 2. The summed E-state index contributed by atoms with van der Waals surface area (Å²) in [7, 11) is 0. The summed E-state index contributed by atoms with van der Waals surface area (Å²) in [6, 6.07) is 14.5. The molecule has 0 radical (unpaired) electrons. The van der Waals surface area contributed by atoms with E-state index in [1.807, 2.05) is 18.2 Å². The van der Waals surface area contributed by atoms with Gasteiger partial charge in [0.25, 0.3) is 5.91 Å². The van der Waals surface area contributed by atoms with Gasteiger partial charge in [-0.1, -0.05) is 17.3 Å².